The van der Waals surface area contributed by atoms with Gasteiger partial charge in [-0.25, -0.2) is 0 Å². The van der Waals surface area contributed by atoms with E-state index in [4.69, 9.17) is 0 Å². The highest BCUT2D eigenvalue weighted by molar-refractivity contribution is 7.80. The van der Waals surface area contributed by atoms with Gasteiger partial charge in [0, 0.05) is 11.8 Å². The van der Waals surface area contributed by atoms with Crippen LogP contribution < -0.4 is 0 Å². The van der Waals surface area contributed by atoms with Gasteiger partial charge < -0.3 is 0 Å². The largest absolute Gasteiger partial charge is 0.277 e. The third-order valence-electron chi connectivity index (χ3n) is 2.10. The predicted molar refractivity (Wildman–Crippen MR) is 65.5 cm³/mol. The second-order valence-electron chi connectivity index (χ2n) is 3.36. The fourth-order valence-electron chi connectivity index (χ4n) is 1.49. The van der Waals surface area contributed by atoms with Crippen LogP contribution in [0.15, 0.2) is 18.2 Å². The van der Waals surface area contributed by atoms with Crippen molar-refractivity contribution >= 4 is 24.4 Å². The molecule has 1 aromatic carbocycles. The summed E-state index contributed by atoms with van der Waals surface area (Å²) in [5, 5.41) is 10.8. The van der Waals surface area contributed by atoms with Gasteiger partial charge in [0.2, 0.25) is 0 Å². The lowest BCUT2D eigenvalue weighted by Gasteiger charge is -2.03. The molecular formula is C11H13NO2S. The molecule has 80 valence electrons. The van der Waals surface area contributed by atoms with E-state index in [0.29, 0.717) is 11.3 Å². The lowest BCUT2D eigenvalue weighted by molar-refractivity contribution is -0.385. The molecule has 0 saturated heterocycles. The molecule has 0 saturated carbocycles. The van der Waals surface area contributed by atoms with Crippen LogP contribution in [-0.4, -0.2) is 10.7 Å². The number of nitrogens with zero attached hydrogens (tertiary/aromatic N) is 1. The van der Waals surface area contributed by atoms with Crippen LogP contribution in [0.1, 0.15) is 16.7 Å². The number of rotatable bonds is 3. The molecule has 0 N–H and O–H groups in total. The van der Waals surface area contributed by atoms with Crippen molar-refractivity contribution in [1.82, 2.24) is 0 Å². The standard InChI is InChI=1S/C11H13NO2S/c1-8-6-9(2)10(4-3-5-15)11(7-8)12(13)14/h3-4,6-7,15H,5H2,1-2H3. The van der Waals surface area contributed by atoms with Crippen LogP contribution in [0.3, 0.4) is 0 Å². The van der Waals surface area contributed by atoms with Crippen LogP contribution in [0.4, 0.5) is 5.69 Å². The van der Waals surface area contributed by atoms with E-state index in [9.17, 15) is 10.1 Å². The monoisotopic (exact) mass is 223 g/mol. The molecule has 0 aromatic heterocycles. The summed E-state index contributed by atoms with van der Waals surface area (Å²) in [6.07, 6.45) is 3.55. The SMILES string of the molecule is Cc1cc(C)c(C=CCS)c([N+](=O)[O-])c1. The van der Waals surface area contributed by atoms with Crippen LogP contribution >= 0.6 is 12.6 Å². The van der Waals surface area contributed by atoms with Crippen LogP contribution in [0.5, 0.6) is 0 Å². The fraction of sp³-hybridized carbons (Fsp3) is 0.273. The summed E-state index contributed by atoms with van der Waals surface area (Å²) < 4.78 is 0. The highest BCUT2D eigenvalue weighted by Gasteiger charge is 2.13. The van der Waals surface area contributed by atoms with Gasteiger partial charge in [-0.3, -0.25) is 10.1 Å². The normalized spacial score (nSPS) is 10.9. The van der Waals surface area contributed by atoms with Gasteiger partial charge in [0.1, 0.15) is 0 Å². The van der Waals surface area contributed by atoms with Crippen molar-refractivity contribution in [3.8, 4) is 0 Å². The Labute approximate surface area is 94.4 Å². The van der Waals surface area contributed by atoms with Crippen molar-refractivity contribution < 1.29 is 4.92 Å². The maximum absolute atomic E-state index is 10.8. The minimum absolute atomic E-state index is 0.158. The van der Waals surface area contributed by atoms with Crippen LogP contribution in [0, 0.1) is 24.0 Å². The van der Waals surface area contributed by atoms with E-state index in [-0.39, 0.29) is 10.6 Å². The summed E-state index contributed by atoms with van der Waals surface area (Å²) in [5.41, 5.74) is 2.65. The van der Waals surface area contributed by atoms with Crippen molar-refractivity contribution in [2.45, 2.75) is 13.8 Å². The van der Waals surface area contributed by atoms with Gasteiger partial charge in [-0.15, -0.1) is 0 Å². The Balaban J connectivity index is 3.33. The lowest BCUT2D eigenvalue weighted by atomic mass is 10.0. The molecular weight excluding hydrogens is 210 g/mol. The Morgan fingerprint density at radius 3 is 2.67 bits per heavy atom. The smallest absolute Gasteiger partial charge is 0.258 e. The van der Waals surface area contributed by atoms with E-state index >= 15 is 0 Å². The van der Waals surface area contributed by atoms with Gasteiger partial charge >= 0.3 is 0 Å². The van der Waals surface area contributed by atoms with Gasteiger partial charge in [0.25, 0.3) is 5.69 Å². The molecule has 1 rings (SSSR count). The van der Waals surface area contributed by atoms with Crippen LogP contribution in [0.2, 0.25) is 0 Å². The summed E-state index contributed by atoms with van der Waals surface area (Å²) in [6.45, 7) is 3.73. The third kappa shape index (κ3) is 2.83. The number of nitro benzene ring substituents is 1. The number of hydrogen-bond acceptors (Lipinski definition) is 3. The molecule has 0 fully saturated rings. The highest BCUT2D eigenvalue weighted by atomic mass is 32.1. The zero-order chi connectivity index (χ0) is 11.4. The second kappa shape index (κ2) is 4.98. The van der Waals surface area contributed by atoms with E-state index in [1.165, 1.54) is 0 Å². The number of nitro groups is 1. The Bertz CT molecular complexity index is 413. The molecule has 0 unspecified atom stereocenters. The first kappa shape index (κ1) is 11.8. The van der Waals surface area contributed by atoms with Gasteiger partial charge in [-0.05, 0) is 25.0 Å². The van der Waals surface area contributed by atoms with Crippen molar-refractivity contribution in [3.05, 3.63) is 45.0 Å². The summed E-state index contributed by atoms with van der Waals surface area (Å²) in [6, 6.07) is 3.52. The molecule has 0 amide bonds. The van der Waals surface area contributed by atoms with E-state index in [0.717, 1.165) is 11.1 Å². The van der Waals surface area contributed by atoms with Gasteiger partial charge in [0.05, 0.1) is 10.5 Å². The Morgan fingerprint density at radius 2 is 2.13 bits per heavy atom. The Kier molecular flexibility index (Phi) is 3.91. The first-order chi connectivity index (χ1) is 7.06. The Hall–Kier alpha value is -1.29. The van der Waals surface area contributed by atoms with Crippen molar-refractivity contribution in [1.29, 1.82) is 0 Å². The maximum atomic E-state index is 10.8. The minimum atomic E-state index is -0.349. The first-order valence-corrected chi connectivity index (χ1v) is 5.22. The topological polar surface area (TPSA) is 43.1 Å². The average Bonchev–Trinajstić information content (AvgIpc) is 2.15. The second-order valence-corrected chi connectivity index (χ2v) is 3.72. The molecule has 0 bridgehead atoms. The van der Waals surface area contributed by atoms with Crippen LogP contribution in [0.25, 0.3) is 6.08 Å². The van der Waals surface area contributed by atoms with E-state index < -0.39 is 0 Å². The third-order valence-corrected chi connectivity index (χ3v) is 2.31. The predicted octanol–water partition coefficient (Wildman–Crippen LogP) is 3.15. The van der Waals surface area contributed by atoms with Crippen molar-refractivity contribution in [2.24, 2.45) is 0 Å². The van der Waals surface area contributed by atoms with Crippen molar-refractivity contribution in [2.75, 3.05) is 5.75 Å². The summed E-state index contributed by atoms with van der Waals surface area (Å²) in [5.74, 6) is 0.574. The molecule has 0 atom stereocenters. The average molecular weight is 223 g/mol. The fourth-order valence-corrected chi connectivity index (χ4v) is 1.60. The Morgan fingerprint density at radius 1 is 1.47 bits per heavy atom. The first-order valence-electron chi connectivity index (χ1n) is 4.59. The molecule has 0 aliphatic rings. The van der Waals surface area contributed by atoms with E-state index in [1.54, 1.807) is 18.2 Å². The molecule has 0 heterocycles. The summed E-state index contributed by atoms with van der Waals surface area (Å²) in [4.78, 5) is 10.5. The van der Waals surface area contributed by atoms with E-state index in [1.807, 2.05) is 19.9 Å². The quantitative estimate of drug-likeness (QED) is 0.486. The summed E-state index contributed by atoms with van der Waals surface area (Å²) in [7, 11) is 0. The molecule has 0 radical (unpaired) electrons. The molecule has 3 nitrogen and oxygen atoms in total. The number of aryl methyl sites for hydroxylation is 2. The number of hydrogen-bond donors (Lipinski definition) is 1. The molecule has 0 spiro atoms. The number of thiol groups is 1. The van der Waals surface area contributed by atoms with Gasteiger partial charge in [-0.2, -0.15) is 12.6 Å². The van der Waals surface area contributed by atoms with Gasteiger partial charge in [-0.1, -0.05) is 18.2 Å². The molecule has 0 aliphatic carbocycles. The maximum Gasteiger partial charge on any atom is 0.277 e. The zero-order valence-electron chi connectivity index (χ0n) is 8.73. The van der Waals surface area contributed by atoms with E-state index in [2.05, 4.69) is 12.6 Å². The summed E-state index contributed by atoms with van der Waals surface area (Å²) >= 11 is 4.03. The minimum Gasteiger partial charge on any atom is -0.258 e. The van der Waals surface area contributed by atoms with Crippen molar-refractivity contribution in [3.63, 3.8) is 0 Å². The lowest BCUT2D eigenvalue weighted by Crippen LogP contribution is -1.95. The van der Waals surface area contributed by atoms with Crippen LogP contribution in [-0.2, 0) is 0 Å². The molecule has 15 heavy (non-hydrogen) atoms. The highest BCUT2D eigenvalue weighted by Crippen LogP contribution is 2.25. The van der Waals surface area contributed by atoms with Gasteiger partial charge in [0.15, 0.2) is 0 Å². The number of benzene rings is 1. The molecule has 4 heteroatoms. The molecule has 0 aliphatic heterocycles. The zero-order valence-corrected chi connectivity index (χ0v) is 9.62. The molecule has 1 aromatic rings.